The van der Waals surface area contributed by atoms with Crippen LogP contribution < -0.4 is 10.1 Å². The number of hydrogen-bond acceptors (Lipinski definition) is 4. The summed E-state index contributed by atoms with van der Waals surface area (Å²) in [5, 5.41) is 12.0. The van der Waals surface area contributed by atoms with Gasteiger partial charge in [-0.15, -0.1) is 0 Å². The lowest BCUT2D eigenvalue weighted by atomic mass is 9.81. The summed E-state index contributed by atoms with van der Waals surface area (Å²) in [6, 6.07) is 7.24. The molecule has 0 spiro atoms. The van der Waals surface area contributed by atoms with Crippen molar-refractivity contribution in [2.75, 3.05) is 25.6 Å². The van der Waals surface area contributed by atoms with Gasteiger partial charge in [0.05, 0.1) is 12.5 Å². The van der Waals surface area contributed by atoms with E-state index in [9.17, 15) is 9.59 Å². The Hall–Kier alpha value is -2.08. The largest absolute Gasteiger partial charge is 0.493 e. The quantitative estimate of drug-likeness (QED) is 0.714. The van der Waals surface area contributed by atoms with Crippen LogP contribution in [0.5, 0.6) is 5.75 Å². The lowest BCUT2D eigenvalue weighted by Gasteiger charge is -2.25. The first kappa shape index (κ1) is 18.3. The molecule has 132 valence electrons. The second-order valence-corrected chi connectivity index (χ2v) is 6.11. The highest BCUT2D eigenvalue weighted by molar-refractivity contribution is 5.93. The van der Waals surface area contributed by atoms with Gasteiger partial charge in [0.2, 0.25) is 5.91 Å². The number of benzene rings is 1. The molecule has 6 nitrogen and oxygen atoms in total. The zero-order valence-corrected chi connectivity index (χ0v) is 14.0. The fraction of sp³-hybridized carbons (Fsp3) is 0.556. The van der Waals surface area contributed by atoms with Gasteiger partial charge < -0.3 is 19.9 Å². The van der Waals surface area contributed by atoms with Crippen molar-refractivity contribution in [2.24, 2.45) is 11.8 Å². The number of hydrogen-bond donors (Lipinski definition) is 2. The molecular weight excluding hydrogens is 310 g/mol. The molecule has 0 heterocycles. The zero-order valence-electron chi connectivity index (χ0n) is 14.0. The van der Waals surface area contributed by atoms with E-state index >= 15 is 0 Å². The molecule has 2 N–H and O–H groups in total. The summed E-state index contributed by atoms with van der Waals surface area (Å²) in [7, 11) is 1.65. The Kier molecular flexibility index (Phi) is 7.06. The zero-order chi connectivity index (χ0) is 17.4. The van der Waals surface area contributed by atoms with Crippen molar-refractivity contribution >= 4 is 17.6 Å². The van der Waals surface area contributed by atoms with Gasteiger partial charge in [-0.3, -0.25) is 9.59 Å². The summed E-state index contributed by atoms with van der Waals surface area (Å²) in [5.74, 6) is -0.886. The maximum absolute atomic E-state index is 12.4. The van der Waals surface area contributed by atoms with Crippen LogP contribution >= 0.6 is 0 Å². The van der Waals surface area contributed by atoms with Gasteiger partial charge in [-0.1, -0.05) is 12.5 Å². The molecule has 0 aromatic heterocycles. The minimum Gasteiger partial charge on any atom is -0.493 e. The van der Waals surface area contributed by atoms with Crippen LogP contribution in [0.25, 0.3) is 0 Å². The summed E-state index contributed by atoms with van der Waals surface area (Å²) < 4.78 is 10.6. The first-order chi connectivity index (χ1) is 11.6. The van der Waals surface area contributed by atoms with Gasteiger partial charge in [0.15, 0.2) is 0 Å². The van der Waals surface area contributed by atoms with E-state index in [1.54, 1.807) is 19.2 Å². The number of ether oxygens (including phenoxy) is 2. The normalized spacial score (nSPS) is 20.4. The van der Waals surface area contributed by atoms with E-state index in [4.69, 9.17) is 14.6 Å². The predicted molar refractivity (Wildman–Crippen MR) is 90.1 cm³/mol. The standard InChI is InChI=1S/C18H25NO5/c1-23-9-4-10-24-16-8-3-7-15(12-16)19-17(20)13-5-2-6-14(11-13)18(21)22/h3,7-8,12-14H,2,4-6,9-11H2,1H3,(H,19,20)(H,21,22). The van der Waals surface area contributed by atoms with Crippen LogP contribution in [0, 0.1) is 11.8 Å². The summed E-state index contributed by atoms with van der Waals surface area (Å²) >= 11 is 0. The Morgan fingerprint density at radius 2 is 2.04 bits per heavy atom. The molecule has 0 aliphatic heterocycles. The fourth-order valence-electron chi connectivity index (χ4n) is 2.95. The number of carbonyl (C=O) groups excluding carboxylic acids is 1. The maximum atomic E-state index is 12.4. The van der Waals surface area contributed by atoms with Crippen molar-refractivity contribution in [3.8, 4) is 5.75 Å². The molecule has 6 heteroatoms. The SMILES string of the molecule is COCCCOc1cccc(NC(=O)C2CCCC(C(=O)O)C2)c1. The van der Waals surface area contributed by atoms with E-state index in [1.165, 1.54) is 0 Å². The molecule has 1 amide bonds. The number of carboxylic acid groups (broad SMARTS) is 1. The van der Waals surface area contributed by atoms with Gasteiger partial charge in [-0.05, 0) is 31.4 Å². The molecule has 1 saturated carbocycles. The summed E-state index contributed by atoms with van der Waals surface area (Å²) in [5.41, 5.74) is 0.668. The Bertz CT molecular complexity index is 560. The molecule has 0 radical (unpaired) electrons. The summed E-state index contributed by atoms with van der Waals surface area (Å²) in [6.45, 7) is 1.19. The molecule has 1 aliphatic carbocycles. The van der Waals surface area contributed by atoms with E-state index in [2.05, 4.69) is 5.32 Å². The lowest BCUT2D eigenvalue weighted by Crippen LogP contribution is -2.30. The highest BCUT2D eigenvalue weighted by Crippen LogP contribution is 2.30. The number of rotatable bonds is 8. The number of aliphatic carboxylic acids is 1. The van der Waals surface area contributed by atoms with Crippen molar-refractivity contribution in [1.29, 1.82) is 0 Å². The smallest absolute Gasteiger partial charge is 0.306 e. The molecule has 0 bridgehead atoms. The monoisotopic (exact) mass is 335 g/mol. The fourth-order valence-corrected chi connectivity index (χ4v) is 2.95. The third-order valence-corrected chi connectivity index (χ3v) is 4.26. The van der Waals surface area contributed by atoms with E-state index < -0.39 is 11.9 Å². The highest BCUT2D eigenvalue weighted by atomic mass is 16.5. The molecule has 0 saturated heterocycles. The van der Waals surface area contributed by atoms with Crippen molar-refractivity contribution in [2.45, 2.75) is 32.1 Å². The van der Waals surface area contributed by atoms with Crippen LogP contribution in [0.15, 0.2) is 24.3 Å². The van der Waals surface area contributed by atoms with Gasteiger partial charge in [0.1, 0.15) is 5.75 Å². The number of carbonyl (C=O) groups is 2. The number of carboxylic acids is 1. The summed E-state index contributed by atoms with van der Waals surface area (Å²) in [4.78, 5) is 23.5. The van der Waals surface area contributed by atoms with Crippen LogP contribution in [-0.4, -0.2) is 37.3 Å². The van der Waals surface area contributed by atoms with E-state index in [-0.39, 0.29) is 11.8 Å². The van der Waals surface area contributed by atoms with Gasteiger partial charge >= 0.3 is 5.97 Å². The van der Waals surface area contributed by atoms with E-state index in [1.807, 2.05) is 12.1 Å². The van der Waals surface area contributed by atoms with Gasteiger partial charge in [0, 0.05) is 37.8 Å². The Morgan fingerprint density at radius 3 is 2.79 bits per heavy atom. The van der Waals surface area contributed by atoms with Crippen LogP contribution in [0.4, 0.5) is 5.69 Å². The third kappa shape index (κ3) is 5.53. The Balaban J connectivity index is 1.88. The van der Waals surface area contributed by atoms with Gasteiger partial charge in [0.25, 0.3) is 0 Å². The molecule has 2 unspecified atom stereocenters. The van der Waals surface area contributed by atoms with Crippen molar-refractivity contribution in [3.63, 3.8) is 0 Å². The second kappa shape index (κ2) is 9.27. The minimum absolute atomic E-state index is 0.113. The molecule has 1 fully saturated rings. The topological polar surface area (TPSA) is 84.9 Å². The minimum atomic E-state index is -0.807. The number of amides is 1. The first-order valence-corrected chi connectivity index (χ1v) is 8.35. The third-order valence-electron chi connectivity index (χ3n) is 4.26. The maximum Gasteiger partial charge on any atom is 0.306 e. The van der Waals surface area contributed by atoms with Crippen LogP contribution in [-0.2, 0) is 14.3 Å². The van der Waals surface area contributed by atoms with Gasteiger partial charge in [-0.2, -0.15) is 0 Å². The lowest BCUT2D eigenvalue weighted by molar-refractivity contribution is -0.143. The molecule has 1 aromatic rings. The molecular formula is C18H25NO5. The highest BCUT2D eigenvalue weighted by Gasteiger charge is 2.31. The Morgan fingerprint density at radius 1 is 1.25 bits per heavy atom. The number of methoxy groups -OCH3 is 1. The van der Waals surface area contributed by atoms with E-state index in [0.717, 1.165) is 19.3 Å². The number of anilines is 1. The second-order valence-electron chi connectivity index (χ2n) is 6.11. The molecule has 24 heavy (non-hydrogen) atoms. The van der Waals surface area contributed by atoms with E-state index in [0.29, 0.717) is 37.5 Å². The van der Waals surface area contributed by atoms with Crippen LogP contribution in [0.1, 0.15) is 32.1 Å². The van der Waals surface area contributed by atoms with Crippen molar-refractivity contribution in [3.05, 3.63) is 24.3 Å². The van der Waals surface area contributed by atoms with Gasteiger partial charge in [-0.25, -0.2) is 0 Å². The average Bonchev–Trinajstić information content (AvgIpc) is 2.59. The van der Waals surface area contributed by atoms with Crippen molar-refractivity contribution in [1.82, 2.24) is 0 Å². The predicted octanol–water partition coefficient (Wildman–Crippen LogP) is 2.93. The summed E-state index contributed by atoms with van der Waals surface area (Å²) in [6.07, 6.45) is 3.38. The van der Waals surface area contributed by atoms with Crippen LogP contribution in [0.2, 0.25) is 0 Å². The molecule has 2 rings (SSSR count). The molecule has 1 aromatic carbocycles. The van der Waals surface area contributed by atoms with Crippen molar-refractivity contribution < 1.29 is 24.2 Å². The number of nitrogens with one attached hydrogen (secondary N) is 1. The first-order valence-electron chi connectivity index (χ1n) is 8.35. The molecule has 2 atom stereocenters. The van der Waals surface area contributed by atoms with Crippen LogP contribution in [0.3, 0.4) is 0 Å². The molecule has 1 aliphatic rings. The average molecular weight is 335 g/mol. The Labute approximate surface area is 142 Å².